The maximum absolute atomic E-state index is 6.37. The van der Waals surface area contributed by atoms with Crippen LogP contribution in [0.25, 0.3) is 76.9 Å². The monoisotopic (exact) mass is 663 g/mol. The standard InChI is InChI=1S/C50H33NO/c1-2-10-34(11-3-1)39-21-20-36-14-9-18-45(48(36)32-39)38-24-28-41(29-25-38)51(42-30-31-47-46-16-6-7-19-49(46)52-50(47)33-42)40-26-22-37(23-27-40)44-17-8-13-35-12-4-5-15-43(35)44/h1-33H. The van der Waals surface area contributed by atoms with Gasteiger partial charge in [-0.15, -0.1) is 0 Å². The average molecular weight is 664 g/mol. The summed E-state index contributed by atoms with van der Waals surface area (Å²) in [6.07, 6.45) is 0. The van der Waals surface area contributed by atoms with Crippen LogP contribution in [-0.2, 0) is 0 Å². The molecule has 2 nitrogen and oxygen atoms in total. The lowest BCUT2D eigenvalue weighted by Gasteiger charge is -2.26. The predicted octanol–water partition coefficient (Wildman–Crippen LogP) is 14.4. The minimum absolute atomic E-state index is 0.873. The van der Waals surface area contributed by atoms with E-state index in [1.165, 1.54) is 54.9 Å². The highest BCUT2D eigenvalue weighted by atomic mass is 16.3. The van der Waals surface area contributed by atoms with Gasteiger partial charge < -0.3 is 9.32 Å². The Balaban J connectivity index is 1.08. The van der Waals surface area contributed by atoms with Gasteiger partial charge in [-0.2, -0.15) is 0 Å². The van der Waals surface area contributed by atoms with Crippen LogP contribution in [-0.4, -0.2) is 0 Å². The van der Waals surface area contributed by atoms with Crippen molar-refractivity contribution in [1.82, 2.24) is 0 Å². The number of hydrogen-bond acceptors (Lipinski definition) is 2. The molecule has 10 rings (SSSR count). The molecule has 9 aromatic carbocycles. The fourth-order valence-electron chi connectivity index (χ4n) is 7.69. The number of rotatable bonds is 6. The van der Waals surface area contributed by atoms with E-state index in [1.807, 2.05) is 12.1 Å². The summed E-state index contributed by atoms with van der Waals surface area (Å²) in [5.41, 5.74) is 12.2. The summed E-state index contributed by atoms with van der Waals surface area (Å²) in [7, 11) is 0. The topological polar surface area (TPSA) is 16.4 Å². The molecule has 244 valence electrons. The second-order valence-corrected chi connectivity index (χ2v) is 13.3. The normalized spacial score (nSPS) is 11.5. The van der Waals surface area contributed by atoms with Crippen LogP contribution >= 0.6 is 0 Å². The molecule has 0 fully saturated rings. The van der Waals surface area contributed by atoms with Crippen LogP contribution in [0.15, 0.2) is 205 Å². The molecule has 0 radical (unpaired) electrons. The molecule has 0 saturated heterocycles. The molecule has 0 saturated carbocycles. The van der Waals surface area contributed by atoms with Crippen molar-refractivity contribution in [2.24, 2.45) is 0 Å². The summed E-state index contributed by atoms with van der Waals surface area (Å²) in [6, 6.07) is 71.7. The molecule has 0 bridgehead atoms. The number of hydrogen-bond donors (Lipinski definition) is 0. The minimum Gasteiger partial charge on any atom is -0.456 e. The lowest BCUT2D eigenvalue weighted by Crippen LogP contribution is -2.09. The van der Waals surface area contributed by atoms with E-state index in [9.17, 15) is 0 Å². The Morgan fingerprint density at radius 3 is 1.56 bits per heavy atom. The second-order valence-electron chi connectivity index (χ2n) is 13.3. The van der Waals surface area contributed by atoms with Crippen LogP contribution in [0.2, 0.25) is 0 Å². The Morgan fingerprint density at radius 2 is 0.827 bits per heavy atom. The third-order valence-corrected chi connectivity index (χ3v) is 10.3. The molecule has 1 heterocycles. The van der Waals surface area contributed by atoms with Crippen LogP contribution < -0.4 is 4.90 Å². The first-order chi connectivity index (χ1) is 25.8. The Kier molecular flexibility index (Phi) is 7.18. The lowest BCUT2D eigenvalue weighted by molar-refractivity contribution is 0.669. The summed E-state index contributed by atoms with van der Waals surface area (Å²) < 4.78 is 6.37. The zero-order chi connectivity index (χ0) is 34.4. The molecule has 0 aliphatic heterocycles. The second kappa shape index (κ2) is 12.5. The van der Waals surface area contributed by atoms with Crippen molar-refractivity contribution in [1.29, 1.82) is 0 Å². The first-order valence-electron chi connectivity index (χ1n) is 17.8. The molecule has 0 atom stereocenters. The Hall–Kier alpha value is -6.90. The Labute approximate surface area is 302 Å². The number of para-hydroxylation sites is 1. The van der Waals surface area contributed by atoms with Gasteiger partial charge >= 0.3 is 0 Å². The Bertz CT molecular complexity index is 2880. The number of nitrogens with zero attached hydrogens (tertiary/aromatic N) is 1. The number of anilines is 3. The first-order valence-corrected chi connectivity index (χ1v) is 17.8. The van der Waals surface area contributed by atoms with Gasteiger partial charge in [-0.1, -0.05) is 146 Å². The van der Waals surface area contributed by atoms with E-state index in [2.05, 4.69) is 193 Å². The van der Waals surface area contributed by atoms with E-state index in [1.54, 1.807) is 0 Å². The van der Waals surface area contributed by atoms with Crippen molar-refractivity contribution < 1.29 is 4.42 Å². The number of fused-ring (bicyclic) bond motifs is 5. The van der Waals surface area contributed by atoms with Crippen molar-refractivity contribution in [3.8, 4) is 33.4 Å². The summed E-state index contributed by atoms with van der Waals surface area (Å²) >= 11 is 0. The van der Waals surface area contributed by atoms with E-state index in [0.29, 0.717) is 0 Å². The number of furan rings is 1. The van der Waals surface area contributed by atoms with Crippen LogP contribution in [0.5, 0.6) is 0 Å². The molecule has 0 N–H and O–H groups in total. The van der Waals surface area contributed by atoms with E-state index in [4.69, 9.17) is 4.42 Å². The number of benzene rings is 9. The van der Waals surface area contributed by atoms with Crippen molar-refractivity contribution in [3.05, 3.63) is 200 Å². The summed E-state index contributed by atoms with van der Waals surface area (Å²) in [5, 5.41) is 7.22. The van der Waals surface area contributed by atoms with Crippen molar-refractivity contribution >= 4 is 60.5 Å². The lowest BCUT2D eigenvalue weighted by atomic mass is 9.94. The quantitative estimate of drug-likeness (QED) is 0.176. The molecular weight excluding hydrogens is 631 g/mol. The zero-order valence-electron chi connectivity index (χ0n) is 28.4. The van der Waals surface area contributed by atoms with Gasteiger partial charge in [0.15, 0.2) is 0 Å². The van der Waals surface area contributed by atoms with Crippen LogP contribution in [0.1, 0.15) is 0 Å². The smallest absolute Gasteiger partial charge is 0.137 e. The molecule has 0 spiro atoms. The minimum atomic E-state index is 0.873. The van der Waals surface area contributed by atoms with Crippen molar-refractivity contribution in [2.45, 2.75) is 0 Å². The maximum Gasteiger partial charge on any atom is 0.137 e. The molecule has 1 aromatic heterocycles. The molecule has 0 unspecified atom stereocenters. The summed E-state index contributed by atoms with van der Waals surface area (Å²) in [5.74, 6) is 0. The van der Waals surface area contributed by atoms with E-state index in [-0.39, 0.29) is 0 Å². The highest BCUT2D eigenvalue weighted by Gasteiger charge is 2.17. The highest BCUT2D eigenvalue weighted by molar-refractivity contribution is 6.06. The SMILES string of the molecule is c1ccc(-c2ccc3cccc(-c4ccc(N(c5ccc(-c6cccc7ccccc67)cc5)c5ccc6c(c5)oc5ccccc56)cc4)c3c2)cc1. The first kappa shape index (κ1) is 30.0. The average Bonchev–Trinajstić information content (AvgIpc) is 3.59. The fraction of sp³-hybridized carbons (Fsp3) is 0. The summed E-state index contributed by atoms with van der Waals surface area (Å²) in [4.78, 5) is 2.32. The largest absolute Gasteiger partial charge is 0.456 e. The predicted molar refractivity (Wildman–Crippen MR) is 220 cm³/mol. The third kappa shape index (κ3) is 5.21. The van der Waals surface area contributed by atoms with E-state index < -0.39 is 0 Å². The van der Waals surface area contributed by atoms with Gasteiger partial charge in [0.25, 0.3) is 0 Å². The third-order valence-electron chi connectivity index (χ3n) is 10.3. The van der Waals surface area contributed by atoms with Gasteiger partial charge in [-0.3, -0.25) is 0 Å². The molecule has 0 aliphatic carbocycles. The zero-order valence-corrected chi connectivity index (χ0v) is 28.4. The Morgan fingerprint density at radius 1 is 0.288 bits per heavy atom. The van der Waals surface area contributed by atoms with Gasteiger partial charge in [-0.05, 0) is 103 Å². The van der Waals surface area contributed by atoms with Crippen molar-refractivity contribution in [2.75, 3.05) is 4.90 Å². The highest BCUT2D eigenvalue weighted by Crippen LogP contribution is 2.41. The van der Waals surface area contributed by atoms with Gasteiger partial charge in [0.1, 0.15) is 11.2 Å². The van der Waals surface area contributed by atoms with Crippen LogP contribution in [0.4, 0.5) is 17.1 Å². The van der Waals surface area contributed by atoms with Crippen LogP contribution in [0, 0.1) is 0 Å². The summed E-state index contributed by atoms with van der Waals surface area (Å²) in [6.45, 7) is 0. The molecule has 0 aliphatic rings. The molecular formula is C50H33NO. The van der Waals surface area contributed by atoms with Crippen molar-refractivity contribution in [3.63, 3.8) is 0 Å². The van der Waals surface area contributed by atoms with Gasteiger partial charge in [0.2, 0.25) is 0 Å². The molecule has 10 aromatic rings. The fourth-order valence-corrected chi connectivity index (χ4v) is 7.69. The maximum atomic E-state index is 6.37. The molecule has 0 amide bonds. The van der Waals surface area contributed by atoms with Gasteiger partial charge in [0.05, 0.1) is 0 Å². The van der Waals surface area contributed by atoms with Gasteiger partial charge in [-0.25, -0.2) is 0 Å². The molecule has 2 heteroatoms. The van der Waals surface area contributed by atoms with E-state index in [0.717, 1.165) is 39.0 Å². The molecule has 52 heavy (non-hydrogen) atoms. The van der Waals surface area contributed by atoms with E-state index >= 15 is 0 Å². The van der Waals surface area contributed by atoms with Crippen LogP contribution in [0.3, 0.4) is 0 Å². The van der Waals surface area contributed by atoms with Gasteiger partial charge in [0, 0.05) is 33.9 Å².